The molecule has 0 spiro atoms. The first-order valence-electron chi connectivity index (χ1n) is 7.48. The zero-order valence-corrected chi connectivity index (χ0v) is 14.2. The maximum Gasteiger partial charge on any atom is 0.222 e. The highest BCUT2D eigenvalue weighted by Crippen LogP contribution is 2.36. The lowest BCUT2D eigenvalue weighted by Crippen LogP contribution is -2.30. The van der Waals surface area contributed by atoms with Crippen molar-refractivity contribution in [3.05, 3.63) is 28.2 Å². The molecule has 6 nitrogen and oxygen atoms in total. The Morgan fingerprint density at radius 2 is 1.87 bits per heavy atom. The summed E-state index contributed by atoms with van der Waals surface area (Å²) in [5.41, 5.74) is 14.2. The predicted octanol–water partition coefficient (Wildman–Crippen LogP) is 2.93. The molecule has 1 aromatic carbocycles. The van der Waals surface area contributed by atoms with Gasteiger partial charge in [0.15, 0.2) is 0 Å². The average molecular weight is 373 g/mol. The van der Waals surface area contributed by atoms with E-state index in [0.717, 1.165) is 41.7 Å². The van der Waals surface area contributed by atoms with Crippen LogP contribution in [0.3, 0.4) is 0 Å². The summed E-state index contributed by atoms with van der Waals surface area (Å²) in [6.07, 6.45) is 3.56. The van der Waals surface area contributed by atoms with Gasteiger partial charge in [0.2, 0.25) is 5.95 Å². The summed E-state index contributed by atoms with van der Waals surface area (Å²) < 4.78 is 0.982. The molecule has 118 valence electrons. The first-order chi connectivity index (χ1) is 11.1. The van der Waals surface area contributed by atoms with Gasteiger partial charge < -0.3 is 16.4 Å². The smallest absolute Gasteiger partial charge is 0.222 e. The molecule has 0 saturated carbocycles. The van der Waals surface area contributed by atoms with E-state index < -0.39 is 0 Å². The molecule has 7 heteroatoms. The Balaban J connectivity index is 2.19. The second kappa shape index (κ2) is 6.42. The molecule has 1 aliphatic heterocycles. The number of anilines is 3. The monoisotopic (exact) mass is 372 g/mol. The van der Waals surface area contributed by atoms with Crippen LogP contribution < -0.4 is 16.4 Å². The van der Waals surface area contributed by atoms with Crippen LogP contribution in [0, 0.1) is 11.3 Å². The first-order valence-corrected chi connectivity index (χ1v) is 8.27. The lowest BCUT2D eigenvalue weighted by atomic mass is 10.0. The van der Waals surface area contributed by atoms with Crippen molar-refractivity contribution in [1.82, 2.24) is 9.97 Å². The number of nitrogen functional groups attached to an aromatic ring is 2. The van der Waals surface area contributed by atoms with Crippen molar-refractivity contribution in [2.75, 3.05) is 29.5 Å². The summed E-state index contributed by atoms with van der Waals surface area (Å²) in [5.74, 6) is 0.187. The van der Waals surface area contributed by atoms with Gasteiger partial charge in [0.1, 0.15) is 17.5 Å². The lowest BCUT2D eigenvalue weighted by molar-refractivity contribution is 0.578. The molecule has 0 radical (unpaired) electrons. The Morgan fingerprint density at radius 3 is 2.57 bits per heavy atom. The van der Waals surface area contributed by atoms with Crippen LogP contribution >= 0.6 is 15.9 Å². The van der Waals surface area contributed by atoms with Gasteiger partial charge in [-0.05, 0) is 37.5 Å². The van der Waals surface area contributed by atoms with Crippen molar-refractivity contribution >= 4 is 33.4 Å². The first kappa shape index (κ1) is 15.6. The SMILES string of the molecule is N#Cc1c(N)nc(N)nc1-c1ccc(Br)cc1N1CCCCC1. The van der Waals surface area contributed by atoms with E-state index in [1.54, 1.807) is 0 Å². The molecule has 1 fully saturated rings. The number of nitrogens with two attached hydrogens (primary N) is 2. The number of hydrogen-bond donors (Lipinski definition) is 2. The Morgan fingerprint density at radius 1 is 1.13 bits per heavy atom. The van der Waals surface area contributed by atoms with Crippen LogP contribution in [0.25, 0.3) is 11.3 Å². The normalized spacial score (nSPS) is 14.5. The molecule has 1 aliphatic rings. The maximum atomic E-state index is 9.43. The van der Waals surface area contributed by atoms with Gasteiger partial charge in [0.25, 0.3) is 0 Å². The van der Waals surface area contributed by atoms with Crippen LogP contribution in [0.1, 0.15) is 24.8 Å². The van der Waals surface area contributed by atoms with Crippen molar-refractivity contribution in [2.24, 2.45) is 0 Å². The average Bonchev–Trinajstić information content (AvgIpc) is 2.55. The highest BCUT2D eigenvalue weighted by molar-refractivity contribution is 9.10. The van der Waals surface area contributed by atoms with Gasteiger partial charge in [-0.2, -0.15) is 10.2 Å². The van der Waals surface area contributed by atoms with Crippen molar-refractivity contribution in [3.63, 3.8) is 0 Å². The molecule has 0 bridgehead atoms. The summed E-state index contributed by atoms with van der Waals surface area (Å²) in [7, 11) is 0. The summed E-state index contributed by atoms with van der Waals surface area (Å²) in [4.78, 5) is 10.5. The van der Waals surface area contributed by atoms with Gasteiger partial charge in [-0.1, -0.05) is 15.9 Å². The van der Waals surface area contributed by atoms with E-state index in [1.165, 1.54) is 6.42 Å². The molecule has 4 N–H and O–H groups in total. The minimum absolute atomic E-state index is 0.0732. The van der Waals surface area contributed by atoms with Crippen LogP contribution in [0.5, 0.6) is 0 Å². The number of benzene rings is 1. The van der Waals surface area contributed by atoms with E-state index in [2.05, 4.69) is 42.9 Å². The van der Waals surface area contributed by atoms with Gasteiger partial charge >= 0.3 is 0 Å². The van der Waals surface area contributed by atoms with Crippen LogP contribution in [0.15, 0.2) is 22.7 Å². The van der Waals surface area contributed by atoms with E-state index >= 15 is 0 Å². The van der Waals surface area contributed by atoms with E-state index in [0.29, 0.717) is 5.69 Å². The predicted molar refractivity (Wildman–Crippen MR) is 94.8 cm³/mol. The van der Waals surface area contributed by atoms with Crippen molar-refractivity contribution in [1.29, 1.82) is 5.26 Å². The summed E-state index contributed by atoms with van der Waals surface area (Å²) in [6.45, 7) is 1.97. The molecular formula is C16H17BrN6. The lowest BCUT2D eigenvalue weighted by Gasteiger charge is -2.31. The van der Waals surface area contributed by atoms with Gasteiger partial charge in [0, 0.05) is 28.8 Å². The van der Waals surface area contributed by atoms with Gasteiger partial charge in [-0.15, -0.1) is 0 Å². The second-order valence-corrected chi connectivity index (χ2v) is 6.43. The van der Waals surface area contributed by atoms with Crippen LogP contribution in [0.2, 0.25) is 0 Å². The summed E-state index contributed by atoms with van der Waals surface area (Å²) in [5, 5.41) is 9.43. The Labute approximate surface area is 143 Å². The zero-order valence-electron chi connectivity index (χ0n) is 12.6. The second-order valence-electron chi connectivity index (χ2n) is 5.51. The molecule has 2 heterocycles. The molecule has 0 unspecified atom stereocenters. The largest absolute Gasteiger partial charge is 0.382 e. The number of aromatic nitrogens is 2. The fraction of sp³-hybridized carbons (Fsp3) is 0.312. The molecule has 0 amide bonds. The van der Waals surface area contributed by atoms with E-state index in [4.69, 9.17) is 11.5 Å². The minimum atomic E-state index is 0.0732. The van der Waals surface area contributed by atoms with Crippen molar-refractivity contribution < 1.29 is 0 Å². The summed E-state index contributed by atoms with van der Waals surface area (Å²) in [6, 6.07) is 8.02. The fourth-order valence-corrected chi connectivity index (χ4v) is 3.25. The van der Waals surface area contributed by atoms with Crippen molar-refractivity contribution in [2.45, 2.75) is 19.3 Å². The van der Waals surface area contributed by atoms with Gasteiger partial charge in [-0.3, -0.25) is 0 Å². The Kier molecular flexibility index (Phi) is 4.35. The molecule has 2 aromatic rings. The van der Waals surface area contributed by atoms with E-state index in [9.17, 15) is 5.26 Å². The third-order valence-corrected chi connectivity index (χ3v) is 4.47. The number of rotatable bonds is 2. The van der Waals surface area contributed by atoms with E-state index in [1.807, 2.05) is 12.1 Å². The molecule has 1 saturated heterocycles. The highest BCUT2D eigenvalue weighted by atomic mass is 79.9. The topological polar surface area (TPSA) is 105 Å². The number of nitrogens with zero attached hydrogens (tertiary/aromatic N) is 4. The molecule has 23 heavy (non-hydrogen) atoms. The minimum Gasteiger partial charge on any atom is -0.382 e. The molecule has 0 atom stereocenters. The molecule has 3 rings (SSSR count). The molecule has 1 aromatic heterocycles. The third-order valence-electron chi connectivity index (χ3n) is 3.98. The zero-order chi connectivity index (χ0) is 16.4. The van der Waals surface area contributed by atoms with Gasteiger partial charge in [0.05, 0.1) is 5.69 Å². The number of hydrogen-bond acceptors (Lipinski definition) is 6. The summed E-state index contributed by atoms with van der Waals surface area (Å²) >= 11 is 3.53. The van der Waals surface area contributed by atoms with Crippen molar-refractivity contribution in [3.8, 4) is 17.3 Å². The fourth-order valence-electron chi connectivity index (χ4n) is 2.90. The number of halogens is 1. The maximum absolute atomic E-state index is 9.43. The Hall–Kier alpha value is -2.33. The quantitative estimate of drug-likeness (QED) is 0.839. The molecule has 0 aliphatic carbocycles. The number of piperidine rings is 1. The van der Waals surface area contributed by atoms with Crippen LogP contribution in [-0.4, -0.2) is 23.1 Å². The van der Waals surface area contributed by atoms with E-state index in [-0.39, 0.29) is 17.3 Å². The number of nitriles is 1. The Bertz CT molecular complexity index is 777. The standard InChI is InChI=1S/C16H17BrN6/c17-10-4-5-11(13(8-10)23-6-2-1-3-7-23)14-12(9-18)15(19)22-16(20)21-14/h4-5,8H,1-3,6-7H2,(H4,19,20,21,22). The third kappa shape index (κ3) is 3.08. The van der Waals surface area contributed by atoms with Crippen LogP contribution in [0.4, 0.5) is 17.5 Å². The highest BCUT2D eigenvalue weighted by Gasteiger charge is 2.20. The molecular weight excluding hydrogens is 356 g/mol. The van der Waals surface area contributed by atoms with Crippen LogP contribution in [-0.2, 0) is 0 Å². The van der Waals surface area contributed by atoms with Gasteiger partial charge in [-0.25, -0.2) is 4.98 Å².